The fourth-order valence-electron chi connectivity index (χ4n) is 9.39. The van der Waals surface area contributed by atoms with Crippen LogP contribution in [-0.2, 0) is 0 Å². The molecule has 10 aromatic carbocycles. The molecule has 0 saturated carbocycles. The topological polar surface area (TPSA) is 30.3 Å². The van der Waals surface area contributed by atoms with Crippen LogP contribution in [0.25, 0.3) is 55.6 Å². The van der Waals surface area contributed by atoms with Crippen molar-refractivity contribution >= 4 is 73.4 Å². The average Bonchev–Trinajstić information content (AvgIpc) is 3.47. The van der Waals surface area contributed by atoms with Gasteiger partial charge in [-0.2, -0.15) is 5.26 Å². The van der Waals surface area contributed by atoms with E-state index in [1.807, 2.05) is 20.1 Å². The Hall–Kier alpha value is -7.92. The molecular formula is C68H55N3S3. The molecule has 0 aliphatic carbocycles. The molecule has 0 radical (unpaired) electrons. The Bertz CT molecular complexity index is 3380. The van der Waals surface area contributed by atoms with Crippen LogP contribution in [0.15, 0.2) is 261 Å². The Balaban J connectivity index is 0.870. The number of hydrogen-bond acceptors (Lipinski definition) is 6. The highest BCUT2D eigenvalue weighted by Crippen LogP contribution is 2.43. The zero-order chi connectivity index (χ0) is 50.9. The van der Waals surface area contributed by atoms with Gasteiger partial charge in [0, 0.05) is 39.4 Å². The molecule has 0 saturated heterocycles. The predicted molar refractivity (Wildman–Crippen MR) is 323 cm³/mol. The van der Waals surface area contributed by atoms with E-state index in [0.717, 1.165) is 77.5 Å². The molecule has 0 N–H and O–H groups in total. The Morgan fingerprint density at radius 1 is 0.392 bits per heavy atom. The first kappa shape index (κ1) is 49.6. The molecule has 1 unspecified atom stereocenters. The zero-order valence-corrected chi connectivity index (χ0v) is 44.1. The van der Waals surface area contributed by atoms with E-state index in [0.29, 0.717) is 0 Å². The van der Waals surface area contributed by atoms with Crippen molar-refractivity contribution in [3.8, 4) is 61.7 Å². The van der Waals surface area contributed by atoms with Gasteiger partial charge in [-0.1, -0.05) is 212 Å². The van der Waals surface area contributed by atoms with E-state index >= 15 is 0 Å². The van der Waals surface area contributed by atoms with E-state index in [9.17, 15) is 5.26 Å². The van der Waals surface area contributed by atoms with E-state index < -0.39 is 5.41 Å². The van der Waals surface area contributed by atoms with E-state index in [1.165, 1.54) is 27.8 Å². The lowest BCUT2D eigenvalue weighted by Crippen LogP contribution is -2.13. The SMILES string of the molecule is CSC(=S)SC(CC(C)(C)C#N)c1ccc(-c2ccc(-c3ccc(N(c4ccccc4)c4ccc(-c5ccc(N(c6ccc(-c7ccccc7)cc6)c6ccc(-c7ccccc7)cc6)cc5)cc4)cc3)cc2)cc1. The third-order valence-electron chi connectivity index (χ3n) is 13.4. The lowest BCUT2D eigenvalue weighted by atomic mass is 9.87. The van der Waals surface area contributed by atoms with Gasteiger partial charge in [-0.25, -0.2) is 0 Å². The summed E-state index contributed by atoms with van der Waals surface area (Å²) in [4.78, 5) is 4.64. The molecule has 0 aromatic heterocycles. The summed E-state index contributed by atoms with van der Waals surface area (Å²) >= 11 is 8.85. The first-order valence-corrected chi connectivity index (χ1v) is 27.4. The van der Waals surface area contributed by atoms with Gasteiger partial charge in [0.25, 0.3) is 0 Å². The highest BCUT2D eigenvalue weighted by Gasteiger charge is 2.26. The molecule has 0 aliphatic rings. The van der Waals surface area contributed by atoms with Crippen LogP contribution in [-0.4, -0.2) is 9.78 Å². The molecule has 0 spiro atoms. The third kappa shape index (κ3) is 11.6. The van der Waals surface area contributed by atoms with Crippen LogP contribution in [0.1, 0.15) is 31.1 Å². The maximum atomic E-state index is 9.76. The minimum Gasteiger partial charge on any atom is -0.311 e. The number of para-hydroxylation sites is 1. The Morgan fingerprint density at radius 2 is 0.635 bits per heavy atom. The molecule has 0 amide bonds. The molecule has 1 atom stereocenters. The van der Waals surface area contributed by atoms with Crippen molar-refractivity contribution in [1.82, 2.24) is 0 Å². The Labute approximate surface area is 450 Å². The third-order valence-corrected chi connectivity index (χ3v) is 16.3. The number of nitrogens with zero attached hydrogens (tertiary/aromatic N) is 3. The largest absolute Gasteiger partial charge is 0.311 e. The Morgan fingerprint density at radius 3 is 0.919 bits per heavy atom. The van der Waals surface area contributed by atoms with Gasteiger partial charge in [0.2, 0.25) is 0 Å². The van der Waals surface area contributed by atoms with E-state index in [2.05, 4.69) is 277 Å². The maximum absolute atomic E-state index is 9.76. The van der Waals surface area contributed by atoms with E-state index in [-0.39, 0.29) is 5.25 Å². The number of rotatable bonds is 15. The number of nitriles is 1. The number of hydrogen-bond donors (Lipinski definition) is 0. The van der Waals surface area contributed by atoms with Crippen LogP contribution < -0.4 is 9.80 Å². The van der Waals surface area contributed by atoms with Crippen molar-refractivity contribution in [2.45, 2.75) is 25.5 Å². The molecule has 0 heterocycles. The standard InChI is InChI=1S/C68H55N3S3/c1-68(2,48-69)47-66(74-67(72)73-3)59-25-23-53(24-26-59)51-19-21-52(22-20-51)56-31-41-61(42-32-56)70(60-17-11-6-12-18-60)62-43-33-57(34-44-62)58-35-45-65(46-36-58)71(63-37-27-54(28-38-63)49-13-7-4-8-14-49)64-39-29-55(30-40-64)50-15-9-5-10-16-50/h4-46,66H,47H2,1-3H3. The number of anilines is 6. The Kier molecular flexibility index (Phi) is 15.3. The van der Waals surface area contributed by atoms with Gasteiger partial charge in [0.1, 0.15) is 3.53 Å². The minimum atomic E-state index is -0.443. The van der Waals surface area contributed by atoms with Crippen LogP contribution in [0, 0.1) is 16.7 Å². The van der Waals surface area contributed by atoms with Crippen molar-refractivity contribution in [2.24, 2.45) is 5.41 Å². The van der Waals surface area contributed by atoms with Crippen LogP contribution in [0.4, 0.5) is 34.1 Å². The minimum absolute atomic E-state index is 0.120. The highest BCUT2D eigenvalue weighted by atomic mass is 32.2. The van der Waals surface area contributed by atoms with Crippen molar-refractivity contribution in [1.29, 1.82) is 5.26 Å². The average molecular weight is 1010 g/mol. The zero-order valence-electron chi connectivity index (χ0n) is 41.7. The number of thioether (sulfide) groups is 2. The second kappa shape index (κ2) is 22.9. The van der Waals surface area contributed by atoms with Crippen molar-refractivity contribution in [3.63, 3.8) is 0 Å². The van der Waals surface area contributed by atoms with E-state index in [4.69, 9.17) is 12.2 Å². The van der Waals surface area contributed by atoms with Gasteiger partial charge in [-0.05, 0) is 161 Å². The first-order valence-electron chi connectivity index (χ1n) is 24.9. The molecule has 360 valence electrons. The monoisotopic (exact) mass is 1010 g/mol. The molecule has 0 aliphatic heterocycles. The van der Waals surface area contributed by atoms with Gasteiger partial charge in [-0.3, -0.25) is 0 Å². The van der Waals surface area contributed by atoms with Gasteiger partial charge >= 0.3 is 0 Å². The summed E-state index contributed by atoms with van der Waals surface area (Å²) in [6.45, 7) is 4.00. The lowest BCUT2D eigenvalue weighted by Gasteiger charge is -2.26. The normalized spacial score (nSPS) is 11.6. The summed E-state index contributed by atoms with van der Waals surface area (Å²) < 4.78 is 0.893. The molecule has 3 nitrogen and oxygen atoms in total. The molecule has 0 fully saturated rings. The van der Waals surface area contributed by atoms with Crippen molar-refractivity contribution < 1.29 is 0 Å². The number of benzene rings is 10. The fraction of sp³-hybridized carbons (Fsp3) is 0.0882. The summed E-state index contributed by atoms with van der Waals surface area (Å²) in [6.07, 6.45) is 2.74. The maximum Gasteiger partial charge on any atom is 0.104 e. The summed E-state index contributed by atoms with van der Waals surface area (Å²) in [5, 5.41) is 9.88. The van der Waals surface area contributed by atoms with Crippen LogP contribution in [0.3, 0.4) is 0 Å². The second-order valence-corrected chi connectivity index (χ2v) is 22.1. The van der Waals surface area contributed by atoms with Crippen LogP contribution in [0.5, 0.6) is 0 Å². The highest BCUT2D eigenvalue weighted by molar-refractivity contribution is 8.47. The molecule has 6 heteroatoms. The summed E-state index contributed by atoms with van der Waals surface area (Å²) in [5.41, 5.74) is 18.9. The van der Waals surface area contributed by atoms with E-state index in [1.54, 1.807) is 23.5 Å². The van der Waals surface area contributed by atoms with Crippen LogP contribution in [0.2, 0.25) is 0 Å². The second-order valence-electron chi connectivity index (χ2n) is 18.9. The quantitative estimate of drug-likeness (QED) is 0.0951. The summed E-state index contributed by atoms with van der Waals surface area (Å²) in [5.74, 6) is 0. The molecule has 0 bridgehead atoms. The summed E-state index contributed by atoms with van der Waals surface area (Å²) in [6, 6.07) is 96.0. The van der Waals surface area contributed by atoms with Gasteiger partial charge in [0.15, 0.2) is 0 Å². The molecule has 74 heavy (non-hydrogen) atoms. The van der Waals surface area contributed by atoms with Gasteiger partial charge in [-0.15, -0.1) is 11.8 Å². The van der Waals surface area contributed by atoms with Crippen LogP contribution >= 0.6 is 35.7 Å². The fourth-order valence-corrected chi connectivity index (χ4v) is 11.5. The molecule has 10 rings (SSSR count). The van der Waals surface area contributed by atoms with Crippen molar-refractivity contribution in [3.05, 3.63) is 266 Å². The summed E-state index contributed by atoms with van der Waals surface area (Å²) in [7, 11) is 0. The van der Waals surface area contributed by atoms with Crippen molar-refractivity contribution in [2.75, 3.05) is 16.1 Å². The first-order chi connectivity index (χ1) is 36.2. The molecular weight excluding hydrogens is 955 g/mol. The van der Waals surface area contributed by atoms with Gasteiger partial charge in [0.05, 0.1) is 11.5 Å². The van der Waals surface area contributed by atoms with Gasteiger partial charge < -0.3 is 9.80 Å². The molecule has 10 aromatic rings. The lowest BCUT2D eigenvalue weighted by molar-refractivity contribution is 0.448. The number of thiocarbonyl (C=S) groups is 1. The predicted octanol–water partition coefficient (Wildman–Crippen LogP) is 20.3. The smallest absolute Gasteiger partial charge is 0.104 e.